The number of halogens is 3. The summed E-state index contributed by atoms with van der Waals surface area (Å²) in [7, 11) is -3.90. The van der Waals surface area contributed by atoms with Crippen molar-refractivity contribution in [3.05, 3.63) is 51.7 Å². The van der Waals surface area contributed by atoms with E-state index in [1.807, 2.05) is 0 Å². The second kappa shape index (κ2) is 5.59. The lowest BCUT2D eigenvalue weighted by atomic mass is 10.3. The molecule has 2 aromatic carbocycles. The minimum Gasteiger partial charge on any atom is -0.396 e. The molecule has 0 fully saturated rings. The molecular weight excluding hydrogens is 371 g/mol. The van der Waals surface area contributed by atoms with Crippen molar-refractivity contribution >= 4 is 48.9 Å². The average molecular weight is 380 g/mol. The number of anilines is 2. The monoisotopic (exact) mass is 378 g/mol. The molecule has 0 bridgehead atoms. The van der Waals surface area contributed by atoms with Crippen molar-refractivity contribution in [2.45, 2.75) is 4.90 Å². The van der Waals surface area contributed by atoms with Crippen LogP contribution in [0.3, 0.4) is 0 Å². The lowest BCUT2D eigenvalue weighted by molar-refractivity contribution is 0.601. The van der Waals surface area contributed by atoms with Gasteiger partial charge in [-0.25, -0.2) is 12.8 Å². The summed E-state index contributed by atoms with van der Waals surface area (Å²) in [6, 6.07) is 7.99. The average Bonchev–Trinajstić information content (AvgIpc) is 2.33. The molecule has 8 heteroatoms. The number of nitrogen functional groups attached to an aromatic ring is 1. The van der Waals surface area contributed by atoms with Crippen LogP contribution in [0, 0.1) is 5.82 Å². The van der Waals surface area contributed by atoms with E-state index in [9.17, 15) is 12.8 Å². The highest BCUT2D eigenvalue weighted by Gasteiger charge is 2.18. The fraction of sp³-hybridized carbons (Fsp3) is 0. The summed E-state index contributed by atoms with van der Waals surface area (Å²) >= 11 is 9.08. The summed E-state index contributed by atoms with van der Waals surface area (Å²) in [6.45, 7) is 0. The molecule has 20 heavy (non-hydrogen) atoms. The Balaban J connectivity index is 2.38. The highest BCUT2D eigenvalue weighted by atomic mass is 79.9. The summed E-state index contributed by atoms with van der Waals surface area (Å²) in [5, 5.41) is 0.0581. The Morgan fingerprint density at radius 2 is 1.90 bits per heavy atom. The van der Waals surface area contributed by atoms with E-state index in [1.54, 1.807) is 6.07 Å². The Morgan fingerprint density at radius 3 is 2.50 bits per heavy atom. The van der Waals surface area contributed by atoms with E-state index >= 15 is 0 Å². The van der Waals surface area contributed by atoms with E-state index in [0.717, 1.165) is 6.07 Å². The van der Waals surface area contributed by atoms with E-state index in [1.165, 1.54) is 24.3 Å². The summed E-state index contributed by atoms with van der Waals surface area (Å²) < 4.78 is 40.5. The van der Waals surface area contributed by atoms with Crippen LogP contribution in [0.4, 0.5) is 15.8 Å². The molecule has 0 saturated carbocycles. The number of rotatable bonds is 3. The Kier molecular flexibility index (Phi) is 4.22. The van der Waals surface area contributed by atoms with E-state index in [-0.39, 0.29) is 21.3 Å². The van der Waals surface area contributed by atoms with Gasteiger partial charge in [-0.1, -0.05) is 27.5 Å². The van der Waals surface area contributed by atoms with Crippen LogP contribution in [0.1, 0.15) is 0 Å². The zero-order valence-electron chi connectivity index (χ0n) is 9.90. The third-order valence-electron chi connectivity index (χ3n) is 2.44. The largest absolute Gasteiger partial charge is 0.396 e. The summed E-state index contributed by atoms with van der Waals surface area (Å²) in [4.78, 5) is -0.0976. The topological polar surface area (TPSA) is 72.2 Å². The molecule has 0 aliphatic heterocycles. The second-order valence-electron chi connectivity index (χ2n) is 3.92. The first-order valence-electron chi connectivity index (χ1n) is 5.32. The molecule has 0 aromatic heterocycles. The van der Waals surface area contributed by atoms with Crippen LogP contribution in [-0.4, -0.2) is 8.42 Å². The number of nitrogens with two attached hydrogens (primary N) is 1. The van der Waals surface area contributed by atoms with Crippen LogP contribution in [0.5, 0.6) is 0 Å². The fourth-order valence-corrected chi connectivity index (χ4v) is 3.58. The Hall–Kier alpha value is -1.31. The molecule has 0 aliphatic rings. The number of hydrogen-bond acceptors (Lipinski definition) is 3. The molecule has 106 valence electrons. The smallest absolute Gasteiger partial charge is 0.263 e. The molecule has 0 atom stereocenters. The van der Waals surface area contributed by atoms with E-state index in [2.05, 4.69) is 20.7 Å². The van der Waals surface area contributed by atoms with Gasteiger partial charge in [0.1, 0.15) is 10.7 Å². The van der Waals surface area contributed by atoms with Gasteiger partial charge >= 0.3 is 0 Å². The second-order valence-corrected chi connectivity index (χ2v) is 6.89. The number of nitrogens with one attached hydrogen (secondary N) is 1. The van der Waals surface area contributed by atoms with Crippen LogP contribution in [-0.2, 0) is 10.0 Å². The van der Waals surface area contributed by atoms with Gasteiger partial charge in [0.05, 0.1) is 16.4 Å². The zero-order chi connectivity index (χ0) is 14.9. The predicted octanol–water partition coefficient (Wildman–Crippen LogP) is 3.62. The maximum atomic E-state index is 13.3. The van der Waals surface area contributed by atoms with Crippen molar-refractivity contribution < 1.29 is 12.8 Å². The van der Waals surface area contributed by atoms with Crippen molar-refractivity contribution in [1.82, 2.24) is 0 Å². The van der Waals surface area contributed by atoms with E-state index in [0.29, 0.717) is 4.47 Å². The molecule has 2 rings (SSSR count). The molecule has 0 amide bonds. The van der Waals surface area contributed by atoms with Gasteiger partial charge in [0, 0.05) is 10.5 Å². The molecule has 2 aromatic rings. The molecule has 0 aliphatic carbocycles. The fourth-order valence-electron chi connectivity index (χ4n) is 1.49. The van der Waals surface area contributed by atoms with Gasteiger partial charge < -0.3 is 5.73 Å². The minimum absolute atomic E-state index is 0.0581. The molecule has 0 radical (unpaired) electrons. The molecular formula is C12H9BrClFN2O2S. The van der Waals surface area contributed by atoms with Crippen LogP contribution >= 0.6 is 27.5 Å². The quantitative estimate of drug-likeness (QED) is 0.800. The van der Waals surface area contributed by atoms with Crippen molar-refractivity contribution in [2.75, 3.05) is 10.5 Å². The van der Waals surface area contributed by atoms with Gasteiger partial charge in [-0.05, 0) is 30.3 Å². The van der Waals surface area contributed by atoms with Crippen molar-refractivity contribution in [3.8, 4) is 0 Å². The van der Waals surface area contributed by atoms with Crippen LogP contribution in [0.25, 0.3) is 0 Å². The van der Waals surface area contributed by atoms with E-state index in [4.69, 9.17) is 17.3 Å². The minimum atomic E-state index is -3.90. The van der Waals surface area contributed by atoms with Crippen molar-refractivity contribution in [1.29, 1.82) is 0 Å². The summed E-state index contributed by atoms with van der Waals surface area (Å²) in [5.74, 6) is -0.702. The first-order chi connectivity index (χ1) is 9.29. The number of sulfonamides is 1. The van der Waals surface area contributed by atoms with Gasteiger partial charge in [0.2, 0.25) is 0 Å². The Morgan fingerprint density at radius 1 is 1.20 bits per heavy atom. The lowest BCUT2D eigenvalue weighted by Crippen LogP contribution is -2.13. The Bertz CT molecular complexity index is 768. The maximum absolute atomic E-state index is 13.3. The maximum Gasteiger partial charge on any atom is 0.263 e. The normalized spacial score (nSPS) is 11.3. The third kappa shape index (κ3) is 3.23. The van der Waals surface area contributed by atoms with Gasteiger partial charge in [0.25, 0.3) is 10.0 Å². The molecule has 0 unspecified atom stereocenters. The SMILES string of the molecule is Nc1ccc(NS(=O)(=O)c2ccc(Br)cc2Cl)cc1F. The van der Waals surface area contributed by atoms with Gasteiger partial charge in [-0.3, -0.25) is 4.72 Å². The van der Waals surface area contributed by atoms with Crippen LogP contribution < -0.4 is 10.5 Å². The Labute approximate surface area is 128 Å². The standard InChI is InChI=1S/C12H9BrClFN2O2S/c13-7-1-4-12(9(14)5-7)20(18,19)17-8-2-3-11(16)10(15)6-8/h1-6,17H,16H2. The number of hydrogen-bond donors (Lipinski definition) is 2. The summed E-state index contributed by atoms with van der Waals surface area (Å²) in [6.07, 6.45) is 0. The van der Waals surface area contributed by atoms with E-state index < -0.39 is 15.8 Å². The first-order valence-corrected chi connectivity index (χ1v) is 7.98. The first kappa shape index (κ1) is 15.1. The zero-order valence-corrected chi connectivity index (χ0v) is 13.1. The lowest BCUT2D eigenvalue weighted by Gasteiger charge is -2.10. The van der Waals surface area contributed by atoms with Crippen LogP contribution in [0.2, 0.25) is 5.02 Å². The van der Waals surface area contributed by atoms with Crippen molar-refractivity contribution in [2.24, 2.45) is 0 Å². The predicted molar refractivity (Wildman–Crippen MR) is 80.8 cm³/mol. The molecule has 0 saturated heterocycles. The van der Waals surface area contributed by atoms with Gasteiger partial charge in [-0.2, -0.15) is 0 Å². The van der Waals surface area contributed by atoms with Crippen molar-refractivity contribution in [3.63, 3.8) is 0 Å². The number of benzene rings is 2. The summed E-state index contributed by atoms with van der Waals surface area (Å²) in [5.41, 5.74) is 5.33. The highest BCUT2D eigenvalue weighted by Crippen LogP contribution is 2.27. The molecule has 0 spiro atoms. The highest BCUT2D eigenvalue weighted by molar-refractivity contribution is 9.10. The van der Waals surface area contributed by atoms with Gasteiger partial charge in [-0.15, -0.1) is 0 Å². The van der Waals surface area contributed by atoms with Crippen LogP contribution in [0.15, 0.2) is 45.8 Å². The van der Waals surface area contributed by atoms with Gasteiger partial charge in [0.15, 0.2) is 0 Å². The molecule has 4 nitrogen and oxygen atoms in total. The molecule has 0 heterocycles. The third-order valence-corrected chi connectivity index (χ3v) is 4.79. The molecule has 3 N–H and O–H groups in total.